The average Bonchev–Trinajstić information content (AvgIpc) is 2.50. The number of carbonyl (C=O) groups is 1. The van der Waals surface area contributed by atoms with E-state index < -0.39 is 5.97 Å². The molecule has 0 unspecified atom stereocenters. The fourth-order valence-corrected chi connectivity index (χ4v) is 2.77. The average molecular weight is 284 g/mol. The van der Waals surface area contributed by atoms with Gasteiger partial charge in [0.2, 0.25) is 0 Å². The number of unbranched alkanes of at least 4 members (excludes halogenated alkanes) is 2. The summed E-state index contributed by atoms with van der Waals surface area (Å²) in [6.45, 7) is 4.38. The molecular formula is C19H24O2. The van der Waals surface area contributed by atoms with Crippen molar-refractivity contribution < 1.29 is 9.90 Å². The molecule has 112 valence electrons. The molecule has 0 saturated heterocycles. The summed E-state index contributed by atoms with van der Waals surface area (Å²) in [5, 5.41) is 11.6. The van der Waals surface area contributed by atoms with Gasteiger partial charge >= 0.3 is 5.97 Å². The van der Waals surface area contributed by atoms with E-state index in [0.29, 0.717) is 5.56 Å². The minimum absolute atomic E-state index is 0.382. The number of carboxylic acids is 1. The molecule has 0 aliphatic rings. The van der Waals surface area contributed by atoms with E-state index in [1.54, 1.807) is 6.07 Å². The third kappa shape index (κ3) is 3.63. The maximum atomic E-state index is 11.2. The van der Waals surface area contributed by atoms with Crippen LogP contribution in [-0.2, 0) is 12.8 Å². The first-order valence-electron chi connectivity index (χ1n) is 7.95. The predicted molar refractivity (Wildman–Crippen MR) is 88.1 cm³/mol. The maximum Gasteiger partial charge on any atom is 0.335 e. The van der Waals surface area contributed by atoms with Crippen LogP contribution in [0.4, 0.5) is 0 Å². The summed E-state index contributed by atoms with van der Waals surface area (Å²) in [6, 6.07) is 9.97. The zero-order chi connectivity index (χ0) is 15.2. The standard InChI is InChI=1S/C19H24O2/c1-3-5-7-14-9-10-15(8-6-4-2)18-13-16(19(20)21)11-12-17(14)18/h9-13H,3-8H2,1-2H3,(H,20,21). The van der Waals surface area contributed by atoms with Gasteiger partial charge in [-0.1, -0.05) is 44.9 Å². The molecule has 0 atom stereocenters. The number of aromatic carboxylic acids is 1. The molecule has 0 fully saturated rings. The first-order chi connectivity index (χ1) is 10.2. The van der Waals surface area contributed by atoms with Crippen molar-refractivity contribution in [3.63, 3.8) is 0 Å². The van der Waals surface area contributed by atoms with Crippen LogP contribution in [0.5, 0.6) is 0 Å². The second-order valence-electron chi connectivity index (χ2n) is 5.66. The summed E-state index contributed by atoms with van der Waals surface area (Å²) in [5.74, 6) is -0.850. The summed E-state index contributed by atoms with van der Waals surface area (Å²) in [7, 11) is 0. The Labute approximate surface area is 126 Å². The number of aryl methyl sites for hydroxylation is 2. The summed E-state index contributed by atoms with van der Waals surface area (Å²) >= 11 is 0. The third-order valence-corrected chi connectivity index (χ3v) is 4.04. The van der Waals surface area contributed by atoms with Gasteiger partial charge in [-0.3, -0.25) is 0 Å². The fraction of sp³-hybridized carbons (Fsp3) is 0.421. The maximum absolute atomic E-state index is 11.2. The van der Waals surface area contributed by atoms with Crippen molar-refractivity contribution in [1.82, 2.24) is 0 Å². The van der Waals surface area contributed by atoms with Crippen LogP contribution in [-0.4, -0.2) is 11.1 Å². The number of benzene rings is 2. The molecule has 0 heterocycles. The summed E-state index contributed by atoms with van der Waals surface area (Å²) in [5.41, 5.74) is 2.99. The highest BCUT2D eigenvalue weighted by molar-refractivity contribution is 5.96. The van der Waals surface area contributed by atoms with Crippen molar-refractivity contribution in [1.29, 1.82) is 0 Å². The third-order valence-electron chi connectivity index (χ3n) is 4.04. The van der Waals surface area contributed by atoms with Crippen molar-refractivity contribution >= 4 is 16.7 Å². The number of fused-ring (bicyclic) bond motifs is 1. The normalized spacial score (nSPS) is 11.0. The van der Waals surface area contributed by atoms with Crippen LogP contribution in [0.15, 0.2) is 30.3 Å². The van der Waals surface area contributed by atoms with Gasteiger partial charge in [-0.2, -0.15) is 0 Å². The quantitative estimate of drug-likeness (QED) is 0.756. The zero-order valence-electron chi connectivity index (χ0n) is 13.0. The highest BCUT2D eigenvalue weighted by Crippen LogP contribution is 2.27. The van der Waals surface area contributed by atoms with E-state index in [1.165, 1.54) is 29.4 Å². The van der Waals surface area contributed by atoms with E-state index in [2.05, 4.69) is 26.0 Å². The van der Waals surface area contributed by atoms with Gasteiger partial charge in [0.25, 0.3) is 0 Å². The molecule has 21 heavy (non-hydrogen) atoms. The minimum atomic E-state index is -0.850. The molecule has 2 aromatic carbocycles. The first-order valence-corrected chi connectivity index (χ1v) is 7.95. The lowest BCUT2D eigenvalue weighted by atomic mass is 9.93. The number of carboxylic acid groups (broad SMARTS) is 1. The molecule has 2 rings (SSSR count). The highest BCUT2D eigenvalue weighted by atomic mass is 16.4. The van der Waals surface area contributed by atoms with E-state index in [4.69, 9.17) is 0 Å². The first kappa shape index (κ1) is 15.6. The SMILES string of the molecule is CCCCc1ccc(CCCC)c2cc(C(=O)O)ccc12. The molecule has 0 aromatic heterocycles. The largest absolute Gasteiger partial charge is 0.478 e. The molecule has 2 heteroatoms. The second kappa shape index (κ2) is 7.26. The van der Waals surface area contributed by atoms with E-state index in [1.807, 2.05) is 12.1 Å². The number of rotatable bonds is 7. The van der Waals surface area contributed by atoms with Crippen LogP contribution < -0.4 is 0 Å². The number of hydrogen-bond donors (Lipinski definition) is 1. The van der Waals surface area contributed by atoms with Gasteiger partial charge < -0.3 is 5.11 Å². The Kier molecular flexibility index (Phi) is 5.38. The molecular weight excluding hydrogens is 260 g/mol. The lowest BCUT2D eigenvalue weighted by Crippen LogP contribution is -1.98. The van der Waals surface area contributed by atoms with Crippen LogP contribution in [0, 0.1) is 0 Å². The lowest BCUT2D eigenvalue weighted by molar-refractivity contribution is 0.0697. The van der Waals surface area contributed by atoms with Crippen molar-refractivity contribution in [2.24, 2.45) is 0 Å². The fourth-order valence-electron chi connectivity index (χ4n) is 2.77. The van der Waals surface area contributed by atoms with E-state index >= 15 is 0 Å². The van der Waals surface area contributed by atoms with E-state index in [0.717, 1.165) is 31.1 Å². The molecule has 0 bridgehead atoms. The molecule has 2 nitrogen and oxygen atoms in total. The van der Waals surface area contributed by atoms with Crippen molar-refractivity contribution in [3.8, 4) is 0 Å². The lowest BCUT2D eigenvalue weighted by Gasteiger charge is -2.12. The molecule has 0 spiro atoms. The van der Waals surface area contributed by atoms with E-state index in [-0.39, 0.29) is 0 Å². The van der Waals surface area contributed by atoms with Crippen LogP contribution in [0.3, 0.4) is 0 Å². The van der Waals surface area contributed by atoms with Gasteiger partial charge in [-0.15, -0.1) is 0 Å². The molecule has 1 N–H and O–H groups in total. The summed E-state index contributed by atoms with van der Waals surface area (Å²) in [4.78, 5) is 11.2. The predicted octanol–water partition coefficient (Wildman–Crippen LogP) is 5.22. The molecule has 2 aromatic rings. The Morgan fingerprint density at radius 2 is 1.48 bits per heavy atom. The molecule has 0 radical (unpaired) electrons. The second-order valence-corrected chi connectivity index (χ2v) is 5.66. The van der Waals surface area contributed by atoms with Crippen LogP contribution in [0.25, 0.3) is 10.8 Å². The topological polar surface area (TPSA) is 37.3 Å². The Morgan fingerprint density at radius 3 is 2.00 bits per heavy atom. The smallest absolute Gasteiger partial charge is 0.335 e. The summed E-state index contributed by atoms with van der Waals surface area (Å²) < 4.78 is 0. The van der Waals surface area contributed by atoms with Gasteiger partial charge in [0.05, 0.1) is 5.56 Å². The van der Waals surface area contributed by atoms with Gasteiger partial charge in [-0.25, -0.2) is 4.79 Å². The molecule has 0 aliphatic carbocycles. The van der Waals surface area contributed by atoms with Crippen LogP contribution in [0.1, 0.15) is 61.0 Å². The zero-order valence-corrected chi connectivity index (χ0v) is 13.0. The van der Waals surface area contributed by atoms with Crippen LogP contribution >= 0.6 is 0 Å². The Balaban J connectivity index is 2.52. The Bertz CT molecular complexity index is 629. The van der Waals surface area contributed by atoms with Gasteiger partial charge in [0, 0.05) is 0 Å². The van der Waals surface area contributed by atoms with Gasteiger partial charge in [0.1, 0.15) is 0 Å². The molecule has 0 aliphatic heterocycles. The van der Waals surface area contributed by atoms with Gasteiger partial charge in [0.15, 0.2) is 0 Å². The summed E-state index contributed by atoms with van der Waals surface area (Å²) in [6.07, 6.45) is 6.71. The monoisotopic (exact) mass is 284 g/mol. The van der Waals surface area contributed by atoms with Crippen molar-refractivity contribution in [2.45, 2.75) is 52.4 Å². The Hall–Kier alpha value is -1.83. The Morgan fingerprint density at radius 1 is 0.905 bits per heavy atom. The number of hydrogen-bond acceptors (Lipinski definition) is 1. The molecule has 0 saturated carbocycles. The highest BCUT2D eigenvalue weighted by Gasteiger charge is 2.10. The van der Waals surface area contributed by atoms with Crippen molar-refractivity contribution in [3.05, 3.63) is 47.0 Å². The van der Waals surface area contributed by atoms with Crippen LogP contribution in [0.2, 0.25) is 0 Å². The van der Waals surface area contributed by atoms with E-state index in [9.17, 15) is 9.90 Å². The van der Waals surface area contributed by atoms with Crippen molar-refractivity contribution in [2.75, 3.05) is 0 Å². The van der Waals surface area contributed by atoms with Gasteiger partial charge in [-0.05, 0) is 59.7 Å². The minimum Gasteiger partial charge on any atom is -0.478 e. The molecule has 0 amide bonds.